The van der Waals surface area contributed by atoms with E-state index in [0.717, 1.165) is 37.0 Å². The average molecular weight is 245 g/mol. The van der Waals surface area contributed by atoms with E-state index in [1.54, 1.807) is 0 Å². The van der Waals surface area contributed by atoms with Crippen LogP contribution >= 0.6 is 0 Å². The maximum atomic E-state index is 10.1. The highest BCUT2D eigenvalue weighted by molar-refractivity contribution is 5.41. The summed E-state index contributed by atoms with van der Waals surface area (Å²) in [6, 6.07) is 7.57. The maximum Gasteiger partial charge on any atom is 0.125 e. The molecule has 0 aliphatic heterocycles. The van der Waals surface area contributed by atoms with Gasteiger partial charge in [-0.2, -0.15) is 0 Å². The summed E-state index contributed by atoms with van der Waals surface area (Å²) in [5, 5.41) is 10.1. The summed E-state index contributed by atoms with van der Waals surface area (Å²) in [5.41, 5.74) is 5.47. The first kappa shape index (κ1) is 12.9. The first-order valence-electron chi connectivity index (χ1n) is 6.40. The molecule has 1 aromatic carbocycles. The normalized spacial score (nSPS) is 17.0. The van der Waals surface area contributed by atoms with Gasteiger partial charge < -0.3 is 15.6 Å². The molecule has 0 amide bonds. The Morgan fingerprint density at radius 2 is 2.11 bits per heavy atom. The third kappa shape index (κ3) is 3.49. The zero-order chi connectivity index (χ0) is 12.8. The molecule has 3 nitrogen and oxygen atoms in total. The third-order valence-corrected chi connectivity index (χ3v) is 3.09. The van der Waals surface area contributed by atoms with Crippen molar-refractivity contribution in [2.45, 2.75) is 31.3 Å². The fraction of sp³-hybridized carbons (Fsp3) is 0.467. The molecule has 0 unspecified atom stereocenters. The topological polar surface area (TPSA) is 55.5 Å². The van der Waals surface area contributed by atoms with E-state index in [2.05, 4.69) is 11.8 Å². The lowest BCUT2D eigenvalue weighted by atomic mass is 10.0. The van der Waals surface area contributed by atoms with Crippen molar-refractivity contribution in [1.82, 2.24) is 0 Å². The molecule has 18 heavy (non-hydrogen) atoms. The fourth-order valence-corrected chi connectivity index (χ4v) is 2.11. The summed E-state index contributed by atoms with van der Waals surface area (Å²) in [5.74, 6) is 6.78. The lowest BCUT2D eigenvalue weighted by molar-refractivity contribution is 0.110. The fourth-order valence-electron chi connectivity index (χ4n) is 2.11. The highest BCUT2D eigenvalue weighted by atomic mass is 16.5. The molecule has 1 aliphatic carbocycles. The third-order valence-electron chi connectivity index (χ3n) is 3.09. The molecule has 0 aromatic heterocycles. The van der Waals surface area contributed by atoms with Crippen molar-refractivity contribution >= 4 is 0 Å². The van der Waals surface area contributed by atoms with Crippen LogP contribution in [0.5, 0.6) is 5.75 Å². The molecule has 96 valence electrons. The molecule has 1 aliphatic rings. The van der Waals surface area contributed by atoms with Crippen LogP contribution in [0.1, 0.15) is 31.2 Å². The number of ether oxygens (including phenoxy) is 1. The second-order valence-corrected chi connectivity index (χ2v) is 4.65. The lowest BCUT2D eigenvalue weighted by Crippen LogP contribution is -2.20. The van der Waals surface area contributed by atoms with Crippen molar-refractivity contribution < 1.29 is 9.84 Å². The van der Waals surface area contributed by atoms with E-state index in [1.165, 1.54) is 0 Å². The van der Waals surface area contributed by atoms with E-state index >= 15 is 0 Å². The monoisotopic (exact) mass is 245 g/mol. The first-order chi connectivity index (χ1) is 8.72. The Morgan fingerprint density at radius 1 is 1.33 bits per heavy atom. The zero-order valence-corrected chi connectivity index (χ0v) is 10.5. The van der Waals surface area contributed by atoms with Crippen LogP contribution in [0.2, 0.25) is 0 Å². The summed E-state index contributed by atoms with van der Waals surface area (Å²) < 4.78 is 5.44. The Bertz CT molecular complexity index is 453. The second-order valence-electron chi connectivity index (χ2n) is 4.65. The average Bonchev–Trinajstić information content (AvgIpc) is 2.82. The molecule has 0 saturated heterocycles. The molecular formula is C15H19NO2. The smallest absolute Gasteiger partial charge is 0.125 e. The van der Waals surface area contributed by atoms with Crippen molar-refractivity contribution in [3.05, 3.63) is 29.8 Å². The number of benzene rings is 1. The summed E-state index contributed by atoms with van der Waals surface area (Å²) >= 11 is 0. The van der Waals surface area contributed by atoms with Crippen LogP contribution in [0.15, 0.2) is 24.3 Å². The van der Waals surface area contributed by atoms with Crippen LogP contribution < -0.4 is 10.5 Å². The Morgan fingerprint density at radius 3 is 2.83 bits per heavy atom. The minimum absolute atomic E-state index is 0.496. The molecule has 0 bridgehead atoms. The summed E-state index contributed by atoms with van der Waals surface area (Å²) in [6.07, 6.45) is 3.68. The van der Waals surface area contributed by atoms with Gasteiger partial charge in [0.15, 0.2) is 0 Å². The highest BCUT2D eigenvalue weighted by Gasteiger charge is 2.28. The SMILES string of the molecule is NCCOc1cccc(C#CC2(O)CCCC2)c1. The Labute approximate surface area is 108 Å². The summed E-state index contributed by atoms with van der Waals surface area (Å²) in [4.78, 5) is 0. The molecule has 1 fully saturated rings. The van der Waals surface area contributed by atoms with Crippen LogP contribution in [-0.2, 0) is 0 Å². The number of aliphatic hydroxyl groups is 1. The largest absolute Gasteiger partial charge is 0.492 e. The zero-order valence-electron chi connectivity index (χ0n) is 10.5. The standard InChI is InChI=1S/C15H19NO2/c16-10-11-18-14-5-3-4-13(12-14)6-9-15(17)7-1-2-8-15/h3-5,12,17H,1-2,7-8,10-11,16H2. The molecule has 3 N–H and O–H groups in total. The predicted octanol–water partition coefficient (Wildman–Crippen LogP) is 1.68. The van der Waals surface area contributed by atoms with Gasteiger partial charge in [-0.15, -0.1) is 0 Å². The molecule has 0 heterocycles. The van der Waals surface area contributed by atoms with Crippen molar-refractivity contribution in [3.63, 3.8) is 0 Å². The van der Waals surface area contributed by atoms with E-state index in [1.807, 2.05) is 24.3 Å². The Kier molecular flexibility index (Phi) is 4.24. The second kappa shape index (κ2) is 5.90. The van der Waals surface area contributed by atoms with Gasteiger partial charge in [-0.3, -0.25) is 0 Å². The first-order valence-corrected chi connectivity index (χ1v) is 6.40. The molecule has 1 saturated carbocycles. The number of nitrogens with two attached hydrogens (primary N) is 1. The lowest BCUT2D eigenvalue weighted by Gasteiger charge is -2.12. The van der Waals surface area contributed by atoms with Crippen LogP contribution in [0.3, 0.4) is 0 Å². The summed E-state index contributed by atoms with van der Waals surface area (Å²) in [6.45, 7) is 0.997. The molecule has 0 radical (unpaired) electrons. The van der Waals surface area contributed by atoms with Crippen LogP contribution in [0.4, 0.5) is 0 Å². The van der Waals surface area contributed by atoms with Crippen LogP contribution in [0, 0.1) is 11.8 Å². The van der Waals surface area contributed by atoms with Crippen molar-refractivity contribution in [1.29, 1.82) is 0 Å². The minimum Gasteiger partial charge on any atom is -0.492 e. The number of hydrogen-bond donors (Lipinski definition) is 2. The van der Waals surface area contributed by atoms with Crippen LogP contribution in [0.25, 0.3) is 0 Å². The van der Waals surface area contributed by atoms with Gasteiger partial charge in [0.2, 0.25) is 0 Å². The maximum absolute atomic E-state index is 10.1. The molecule has 2 rings (SSSR count). The molecular weight excluding hydrogens is 226 g/mol. The molecule has 0 atom stereocenters. The summed E-state index contributed by atoms with van der Waals surface area (Å²) in [7, 11) is 0. The van der Waals surface area contributed by atoms with Gasteiger partial charge in [-0.05, 0) is 43.9 Å². The predicted molar refractivity (Wildman–Crippen MR) is 71.3 cm³/mol. The molecule has 1 aromatic rings. The van der Waals surface area contributed by atoms with E-state index in [-0.39, 0.29) is 0 Å². The van der Waals surface area contributed by atoms with Gasteiger partial charge in [-0.1, -0.05) is 17.9 Å². The quantitative estimate of drug-likeness (QED) is 0.797. The van der Waals surface area contributed by atoms with Gasteiger partial charge >= 0.3 is 0 Å². The number of rotatable bonds is 3. The Balaban J connectivity index is 2.07. The molecule has 0 spiro atoms. The van der Waals surface area contributed by atoms with E-state index in [0.29, 0.717) is 13.2 Å². The minimum atomic E-state index is -0.784. The molecule has 3 heteroatoms. The number of hydrogen-bond acceptors (Lipinski definition) is 3. The highest BCUT2D eigenvalue weighted by Crippen LogP contribution is 2.28. The van der Waals surface area contributed by atoms with Gasteiger partial charge in [0.05, 0.1) is 0 Å². The van der Waals surface area contributed by atoms with Crippen LogP contribution in [-0.4, -0.2) is 23.9 Å². The van der Waals surface area contributed by atoms with E-state index in [9.17, 15) is 5.11 Å². The van der Waals surface area contributed by atoms with Gasteiger partial charge in [0.1, 0.15) is 18.0 Å². The van der Waals surface area contributed by atoms with E-state index < -0.39 is 5.60 Å². The van der Waals surface area contributed by atoms with Gasteiger partial charge in [0.25, 0.3) is 0 Å². The van der Waals surface area contributed by atoms with Crippen molar-refractivity contribution in [2.75, 3.05) is 13.2 Å². The van der Waals surface area contributed by atoms with Crippen molar-refractivity contribution in [3.8, 4) is 17.6 Å². The van der Waals surface area contributed by atoms with Gasteiger partial charge in [0, 0.05) is 12.1 Å². The van der Waals surface area contributed by atoms with Crippen molar-refractivity contribution in [2.24, 2.45) is 5.73 Å². The van der Waals surface area contributed by atoms with E-state index in [4.69, 9.17) is 10.5 Å². The Hall–Kier alpha value is -1.50. The van der Waals surface area contributed by atoms with Gasteiger partial charge in [-0.25, -0.2) is 0 Å².